The molecule has 0 aliphatic rings. The normalized spacial score (nSPS) is 13.3. The fourth-order valence-electron chi connectivity index (χ4n) is 1.93. The van der Waals surface area contributed by atoms with Crippen LogP contribution in [0.4, 0.5) is 0 Å². The number of hydrogen-bond donors (Lipinski definition) is 1. The van der Waals surface area contributed by atoms with Crippen molar-refractivity contribution in [1.82, 2.24) is 0 Å². The monoisotopic (exact) mass is 191 g/mol. The minimum atomic E-state index is 0.495. The van der Waals surface area contributed by atoms with Crippen LogP contribution in [0.15, 0.2) is 18.2 Å². The second-order valence-electron chi connectivity index (χ2n) is 4.38. The molecular weight excluding hydrogens is 170 g/mol. The summed E-state index contributed by atoms with van der Waals surface area (Å²) in [7, 11) is 0. The van der Waals surface area contributed by atoms with Gasteiger partial charge in [0.05, 0.1) is 0 Å². The SMILES string of the molecule is Cc1cccc(C(CN)C(C)C)c1C. The van der Waals surface area contributed by atoms with Crippen LogP contribution in [0.5, 0.6) is 0 Å². The molecule has 0 heterocycles. The first-order chi connectivity index (χ1) is 6.57. The fourth-order valence-corrected chi connectivity index (χ4v) is 1.93. The van der Waals surface area contributed by atoms with Gasteiger partial charge in [0.15, 0.2) is 0 Å². The summed E-state index contributed by atoms with van der Waals surface area (Å²) < 4.78 is 0. The highest BCUT2D eigenvalue weighted by atomic mass is 14.6. The fraction of sp³-hybridized carbons (Fsp3) is 0.538. The largest absolute Gasteiger partial charge is 0.330 e. The minimum absolute atomic E-state index is 0.495. The van der Waals surface area contributed by atoms with E-state index in [1.807, 2.05) is 0 Å². The third kappa shape index (κ3) is 2.16. The number of hydrogen-bond acceptors (Lipinski definition) is 1. The summed E-state index contributed by atoms with van der Waals surface area (Å²) in [6.07, 6.45) is 0. The van der Waals surface area contributed by atoms with Crippen molar-refractivity contribution in [3.63, 3.8) is 0 Å². The van der Waals surface area contributed by atoms with E-state index >= 15 is 0 Å². The molecule has 78 valence electrons. The van der Waals surface area contributed by atoms with Gasteiger partial charge in [-0.15, -0.1) is 0 Å². The molecule has 1 heteroatoms. The van der Waals surface area contributed by atoms with Crippen LogP contribution in [0.2, 0.25) is 0 Å². The van der Waals surface area contributed by atoms with E-state index in [-0.39, 0.29) is 0 Å². The van der Waals surface area contributed by atoms with Crippen LogP contribution in [-0.2, 0) is 0 Å². The van der Waals surface area contributed by atoms with E-state index in [4.69, 9.17) is 5.73 Å². The van der Waals surface area contributed by atoms with Crippen molar-refractivity contribution in [3.05, 3.63) is 34.9 Å². The average molecular weight is 191 g/mol. The molecule has 2 N–H and O–H groups in total. The van der Waals surface area contributed by atoms with Gasteiger partial charge in [-0.2, -0.15) is 0 Å². The molecule has 1 aromatic rings. The van der Waals surface area contributed by atoms with Gasteiger partial charge in [0.2, 0.25) is 0 Å². The Balaban J connectivity index is 3.10. The van der Waals surface area contributed by atoms with Crippen molar-refractivity contribution >= 4 is 0 Å². The van der Waals surface area contributed by atoms with E-state index in [2.05, 4.69) is 45.9 Å². The quantitative estimate of drug-likeness (QED) is 0.781. The highest BCUT2D eigenvalue weighted by molar-refractivity contribution is 5.36. The van der Waals surface area contributed by atoms with E-state index in [9.17, 15) is 0 Å². The number of aryl methyl sites for hydroxylation is 1. The van der Waals surface area contributed by atoms with Crippen molar-refractivity contribution in [2.24, 2.45) is 11.7 Å². The zero-order chi connectivity index (χ0) is 10.7. The van der Waals surface area contributed by atoms with Crippen LogP contribution >= 0.6 is 0 Å². The Bertz CT molecular complexity index is 302. The van der Waals surface area contributed by atoms with Gasteiger partial charge in [0.1, 0.15) is 0 Å². The molecule has 0 spiro atoms. The summed E-state index contributed by atoms with van der Waals surface area (Å²) in [5, 5.41) is 0. The molecule has 0 amide bonds. The molecule has 0 aliphatic carbocycles. The standard InChI is InChI=1S/C13H21N/c1-9(2)13(8-14)12-7-5-6-10(3)11(12)4/h5-7,9,13H,8,14H2,1-4H3. The van der Waals surface area contributed by atoms with Gasteiger partial charge in [-0.1, -0.05) is 32.0 Å². The molecule has 1 unspecified atom stereocenters. The predicted molar refractivity (Wildman–Crippen MR) is 62.5 cm³/mol. The second-order valence-corrected chi connectivity index (χ2v) is 4.38. The van der Waals surface area contributed by atoms with Gasteiger partial charge in [0, 0.05) is 0 Å². The summed E-state index contributed by atoms with van der Waals surface area (Å²) >= 11 is 0. The summed E-state index contributed by atoms with van der Waals surface area (Å²) in [6.45, 7) is 9.56. The van der Waals surface area contributed by atoms with Gasteiger partial charge in [-0.3, -0.25) is 0 Å². The molecule has 0 radical (unpaired) electrons. The zero-order valence-corrected chi connectivity index (χ0v) is 9.67. The third-order valence-corrected chi connectivity index (χ3v) is 3.10. The summed E-state index contributed by atoms with van der Waals surface area (Å²) in [5.41, 5.74) is 10.0. The zero-order valence-electron chi connectivity index (χ0n) is 9.67. The van der Waals surface area contributed by atoms with Gasteiger partial charge in [0.25, 0.3) is 0 Å². The average Bonchev–Trinajstić information content (AvgIpc) is 2.13. The molecule has 1 aromatic carbocycles. The topological polar surface area (TPSA) is 26.0 Å². The lowest BCUT2D eigenvalue weighted by molar-refractivity contribution is 0.504. The van der Waals surface area contributed by atoms with Crippen LogP contribution in [0.25, 0.3) is 0 Å². The molecule has 14 heavy (non-hydrogen) atoms. The van der Waals surface area contributed by atoms with Crippen molar-refractivity contribution in [1.29, 1.82) is 0 Å². The lowest BCUT2D eigenvalue weighted by Crippen LogP contribution is -2.19. The van der Waals surface area contributed by atoms with Crippen molar-refractivity contribution in [2.75, 3.05) is 6.54 Å². The molecule has 1 atom stereocenters. The molecule has 0 fully saturated rings. The van der Waals surface area contributed by atoms with E-state index in [0.717, 1.165) is 6.54 Å². The van der Waals surface area contributed by atoms with Crippen LogP contribution in [0, 0.1) is 19.8 Å². The highest BCUT2D eigenvalue weighted by Gasteiger charge is 2.16. The van der Waals surface area contributed by atoms with Gasteiger partial charge in [-0.25, -0.2) is 0 Å². The summed E-state index contributed by atoms with van der Waals surface area (Å²) in [6, 6.07) is 6.50. The smallest absolute Gasteiger partial charge is 0.000567 e. The minimum Gasteiger partial charge on any atom is -0.330 e. The molecule has 1 nitrogen and oxygen atoms in total. The first kappa shape index (κ1) is 11.3. The Labute approximate surface area is 87.3 Å². The maximum absolute atomic E-state index is 5.82. The lowest BCUT2D eigenvalue weighted by atomic mass is 9.85. The van der Waals surface area contributed by atoms with Crippen LogP contribution in [0.1, 0.15) is 36.5 Å². The van der Waals surface area contributed by atoms with Gasteiger partial charge in [-0.05, 0) is 48.9 Å². The van der Waals surface area contributed by atoms with Crippen molar-refractivity contribution in [3.8, 4) is 0 Å². The second kappa shape index (κ2) is 4.61. The van der Waals surface area contributed by atoms with Crippen molar-refractivity contribution < 1.29 is 0 Å². The number of rotatable bonds is 3. The van der Waals surface area contributed by atoms with E-state index < -0.39 is 0 Å². The molecule has 0 aromatic heterocycles. The van der Waals surface area contributed by atoms with E-state index in [0.29, 0.717) is 11.8 Å². The first-order valence-electron chi connectivity index (χ1n) is 5.34. The Kier molecular flexibility index (Phi) is 3.70. The number of benzene rings is 1. The molecule has 0 saturated carbocycles. The molecule has 1 rings (SSSR count). The number of nitrogens with two attached hydrogens (primary N) is 1. The molecular formula is C13H21N. The summed E-state index contributed by atoms with van der Waals surface area (Å²) in [4.78, 5) is 0. The highest BCUT2D eigenvalue weighted by Crippen LogP contribution is 2.27. The molecule has 0 aliphatic heterocycles. The maximum Gasteiger partial charge on any atom is -0.000567 e. The van der Waals surface area contributed by atoms with Gasteiger partial charge >= 0.3 is 0 Å². The predicted octanol–water partition coefficient (Wildman–Crippen LogP) is 3.00. The van der Waals surface area contributed by atoms with Crippen LogP contribution in [0.3, 0.4) is 0 Å². The van der Waals surface area contributed by atoms with Crippen LogP contribution < -0.4 is 5.73 Å². The Morgan fingerprint density at radius 3 is 2.36 bits per heavy atom. The molecule has 0 saturated heterocycles. The first-order valence-corrected chi connectivity index (χ1v) is 5.34. The lowest BCUT2D eigenvalue weighted by Gasteiger charge is -2.22. The molecule has 0 bridgehead atoms. The Morgan fingerprint density at radius 2 is 1.86 bits per heavy atom. The Hall–Kier alpha value is -0.820. The maximum atomic E-state index is 5.82. The van der Waals surface area contributed by atoms with E-state index in [1.165, 1.54) is 16.7 Å². The van der Waals surface area contributed by atoms with E-state index in [1.54, 1.807) is 0 Å². The van der Waals surface area contributed by atoms with Gasteiger partial charge < -0.3 is 5.73 Å². The Morgan fingerprint density at radius 1 is 1.21 bits per heavy atom. The van der Waals surface area contributed by atoms with Crippen LogP contribution in [-0.4, -0.2) is 6.54 Å². The van der Waals surface area contributed by atoms with Crippen molar-refractivity contribution in [2.45, 2.75) is 33.6 Å². The summed E-state index contributed by atoms with van der Waals surface area (Å²) in [5.74, 6) is 1.11. The third-order valence-electron chi connectivity index (χ3n) is 3.10.